The minimum atomic E-state index is -0.191. The van der Waals surface area contributed by atoms with Gasteiger partial charge in [0, 0.05) is 21.0 Å². The third-order valence-electron chi connectivity index (χ3n) is 5.74. The van der Waals surface area contributed by atoms with Crippen LogP contribution in [-0.4, -0.2) is 11.7 Å². The normalized spacial score (nSPS) is 13.5. The fourth-order valence-corrected chi connectivity index (χ4v) is 5.34. The van der Waals surface area contributed by atoms with Crippen molar-refractivity contribution in [2.24, 2.45) is 0 Å². The molecule has 4 rings (SSSR count). The predicted octanol–water partition coefficient (Wildman–Crippen LogP) is 7.06. The van der Waals surface area contributed by atoms with Gasteiger partial charge >= 0.3 is 0 Å². The Morgan fingerprint density at radius 3 is 2.16 bits per heavy atom. The van der Waals surface area contributed by atoms with Crippen LogP contribution in [0.5, 0.6) is 0 Å². The molecule has 1 heterocycles. The van der Waals surface area contributed by atoms with Crippen LogP contribution >= 0.6 is 22.9 Å². The number of hydrogen-bond acceptors (Lipinski definition) is 3. The first kappa shape index (κ1) is 21.8. The van der Waals surface area contributed by atoms with Crippen LogP contribution in [0.25, 0.3) is 0 Å². The second kappa shape index (κ2) is 8.60. The van der Waals surface area contributed by atoms with E-state index < -0.39 is 0 Å². The van der Waals surface area contributed by atoms with Crippen molar-refractivity contribution < 1.29 is 9.59 Å². The maximum absolute atomic E-state index is 13.4. The summed E-state index contributed by atoms with van der Waals surface area (Å²) < 4.78 is 0. The number of nitrogens with one attached hydrogen (secondary N) is 1. The zero-order valence-electron chi connectivity index (χ0n) is 18.0. The first-order valence-corrected chi connectivity index (χ1v) is 11.8. The first-order valence-electron chi connectivity index (χ1n) is 10.6. The number of carbonyl (C=O) groups is 2. The lowest BCUT2D eigenvalue weighted by Crippen LogP contribution is -2.16. The minimum Gasteiger partial charge on any atom is -0.313 e. The van der Waals surface area contributed by atoms with E-state index in [9.17, 15) is 9.59 Å². The Kier molecular flexibility index (Phi) is 6.05. The summed E-state index contributed by atoms with van der Waals surface area (Å²) in [6, 6.07) is 14.6. The fraction of sp³-hybridized carbons (Fsp3) is 0.308. The molecule has 1 aromatic heterocycles. The molecule has 1 aliphatic rings. The van der Waals surface area contributed by atoms with Crippen LogP contribution in [0, 0.1) is 0 Å². The van der Waals surface area contributed by atoms with E-state index in [1.165, 1.54) is 21.8 Å². The number of fused-ring (bicyclic) bond motifs is 1. The summed E-state index contributed by atoms with van der Waals surface area (Å²) >= 11 is 7.54. The Bertz CT molecular complexity index is 1120. The van der Waals surface area contributed by atoms with E-state index >= 15 is 0 Å². The second-order valence-corrected chi connectivity index (χ2v) is 10.6. The molecule has 0 bridgehead atoms. The molecular weight excluding hydrogens is 426 g/mol. The smallest absolute Gasteiger partial charge is 0.256 e. The Morgan fingerprint density at radius 2 is 1.52 bits per heavy atom. The molecule has 0 atom stereocenters. The molecule has 3 aromatic rings. The number of amides is 1. The SMILES string of the molecule is CC(C)(C)c1ccc(C(=O)Nc2sc3c(c2C(=O)c2ccc(Cl)cc2)CCCC3)cc1. The Morgan fingerprint density at radius 1 is 0.903 bits per heavy atom. The van der Waals surface area contributed by atoms with Gasteiger partial charge in [0.15, 0.2) is 5.78 Å². The van der Waals surface area contributed by atoms with Gasteiger partial charge in [-0.05, 0) is 78.6 Å². The van der Waals surface area contributed by atoms with Gasteiger partial charge in [0.1, 0.15) is 5.00 Å². The van der Waals surface area contributed by atoms with Crippen LogP contribution in [0.2, 0.25) is 5.02 Å². The maximum Gasteiger partial charge on any atom is 0.256 e. The van der Waals surface area contributed by atoms with Crippen molar-refractivity contribution in [2.45, 2.75) is 51.9 Å². The minimum absolute atomic E-state index is 0.0278. The van der Waals surface area contributed by atoms with Gasteiger partial charge < -0.3 is 5.32 Å². The quantitative estimate of drug-likeness (QED) is 0.431. The lowest BCUT2D eigenvalue weighted by molar-refractivity contribution is 0.102. The van der Waals surface area contributed by atoms with Gasteiger partial charge in [0.2, 0.25) is 0 Å². The van der Waals surface area contributed by atoms with Gasteiger partial charge in [0.25, 0.3) is 5.91 Å². The van der Waals surface area contributed by atoms with Crippen LogP contribution < -0.4 is 5.32 Å². The second-order valence-electron chi connectivity index (χ2n) is 9.03. The lowest BCUT2D eigenvalue weighted by atomic mass is 9.86. The Labute approximate surface area is 192 Å². The van der Waals surface area contributed by atoms with E-state index in [0.29, 0.717) is 26.7 Å². The van der Waals surface area contributed by atoms with Gasteiger partial charge in [-0.15, -0.1) is 11.3 Å². The first-order chi connectivity index (χ1) is 14.7. The summed E-state index contributed by atoms with van der Waals surface area (Å²) in [5, 5.41) is 4.28. The standard InChI is InChI=1S/C26H26ClNO2S/c1-26(2,3)18-12-8-17(9-13-18)24(30)28-25-22(20-6-4-5-7-21(20)31-25)23(29)16-10-14-19(27)15-11-16/h8-15H,4-7H2,1-3H3,(H,28,30). The summed E-state index contributed by atoms with van der Waals surface area (Å²) in [5.41, 5.74) is 4.11. The van der Waals surface area contributed by atoms with Gasteiger partial charge in [-0.3, -0.25) is 9.59 Å². The molecule has 0 aliphatic heterocycles. The summed E-state index contributed by atoms with van der Waals surface area (Å²) in [6.07, 6.45) is 4.00. The molecule has 2 aromatic carbocycles. The van der Waals surface area contributed by atoms with E-state index in [1.54, 1.807) is 24.3 Å². The molecule has 0 unspecified atom stereocenters. The molecule has 3 nitrogen and oxygen atoms in total. The molecule has 0 saturated carbocycles. The average Bonchev–Trinajstić information content (AvgIpc) is 3.11. The maximum atomic E-state index is 13.4. The van der Waals surface area contributed by atoms with Crippen molar-refractivity contribution >= 4 is 39.6 Å². The van der Waals surface area contributed by atoms with Crippen LogP contribution in [0.15, 0.2) is 48.5 Å². The van der Waals surface area contributed by atoms with Crippen molar-refractivity contribution in [2.75, 3.05) is 5.32 Å². The number of aryl methyl sites for hydroxylation is 1. The van der Waals surface area contributed by atoms with E-state index in [1.807, 2.05) is 24.3 Å². The molecule has 0 fully saturated rings. The van der Waals surface area contributed by atoms with Gasteiger partial charge in [-0.2, -0.15) is 0 Å². The number of anilines is 1. The van der Waals surface area contributed by atoms with Crippen LogP contribution in [0.4, 0.5) is 5.00 Å². The highest BCUT2D eigenvalue weighted by Crippen LogP contribution is 2.39. The van der Waals surface area contributed by atoms with Crippen LogP contribution in [-0.2, 0) is 18.3 Å². The number of hydrogen-bond donors (Lipinski definition) is 1. The van der Waals surface area contributed by atoms with Gasteiger partial charge in [-0.25, -0.2) is 0 Å². The number of thiophene rings is 1. The van der Waals surface area contributed by atoms with Crippen molar-refractivity contribution in [1.82, 2.24) is 0 Å². The van der Waals surface area contributed by atoms with E-state index in [0.717, 1.165) is 31.2 Å². The summed E-state index contributed by atoms with van der Waals surface area (Å²) in [5.74, 6) is -0.251. The predicted molar refractivity (Wildman–Crippen MR) is 129 cm³/mol. The highest BCUT2D eigenvalue weighted by Gasteiger charge is 2.27. The monoisotopic (exact) mass is 451 g/mol. The molecule has 0 saturated heterocycles. The van der Waals surface area contributed by atoms with Crippen molar-refractivity contribution in [3.63, 3.8) is 0 Å². The third kappa shape index (κ3) is 4.60. The number of carbonyl (C=O) groups excluding carboxylic acids is 2. The van der Waals surface area contributed by atoms with Crippen molar-refractivity contribution in [3.8, 4) is 0 Å². The van der Waals surface area contributed by atoms with E-state index in [4.69, 9.17) is 11.6 Å². The number of benzene rings is 2. The molecule has 0 radical (unpaired) electrons. The van der Waals surface area contributed by atoms with E-state index in [-0.39, 0.29) is 17.1 Å². The summed E-state index contributed by atoms with van der Waals surface area (Å²) in [6.45, 7) is 6.44. The van der Waals surface area contributed by atoms with Gasteiger partial charge in [0.05, 0.1) is 5.56 Å². The molecule has 31 heavy (non-hydrogen) atoms. The highest BCUT2D eigenvalue weighted by molar-refractivity contribution is 7.17. The number of ketones is 1. The molecule has 5 heteroatoms. The summed E-state index contributed by atoms with van der Waals surface area (Å²) in [4.78, 5) is 27.6. The molecule has 1 amide bonds. The van der Waals surface area contributed by atoms with Crippen molar-refractivity contribution in [1.29, 1.82) is 0 Å². The van der Waals surface area contributed by atoms with E-state index in [2.05, 4.69) is 26.1 Å². The van der Waals surface area contributed by atoms with Crippen LogP contribution in [0.3, 0.4) is 0 Å². The molecule has 0 spiro atoms. The molecule has 1 N–H and O–H groups in total. The summed E-state index contributed by atoms with van der Waals surface area (Å²) in [7, 11) is 0. The molecule has 160 valence electrons. The van der Waals surface area contributed by atoms with Crippen molar-refractivity contribution in [3.05, 3.63) is 86.2 Å². The van der Waals surface area contributed by atoms with Gasteiger partial charge in [-0.1, -0.05) is 44.5 Å². The fourth-order valence-electron chi connectivity index (χ4n) is 3.94. The Balaban J connectivity index is 1.66. The third-order valence-corrected chi connectivity index (χ3v) is 7.20. The number of halogens is 1. The van der Waals surface area contributed by atoms with Crippen LogP contribution in [0.1, 0.15) is 75.9 Å². The largest absolute Gasteiger partial charge is 0.313 e. The zero-order valence-corrected chi connectivity index (χ0v) is 19.6. The topological polar surface area (TPSA) is 46.2 Å². The number of rotatable bonds is 4. The Hall–Kier alpha value is -2.43. The highest BCUT2D eigenvalue weighted by atomic mass is 35.5. The molecular formula is C26H26ClNO2S. The average molecular weight is 452 g/mol. The molecule has 1 aliphatic carbocycles. The lowest BCUT2D eigenvalue weighted by Gasteiger charge is -2.19. The zero-order chi connectivity index (χ0) is 22.2.